The van der Waals surface area contributed by atoms with Gasteiger partial charge >= 0.3 is 5.97 Å². The molecule has 94 valence electrons. The van der Waals surface area contributed by atoms with Crippen molar-refractivity contribution in [2.24, 2.45) is 0 Å². The van der Waals surface area contributed by atoms with E-state index in [1.165, 1.54) is 7.11 Å². The predicted molar refractivity (Wildman–Crippen MR) is 66.9 cm³/mol. The van der Waals surface area contributed by atoms with Gasteiger partial charge in [0.2, 0.25) is 0 Å². The zero-order chi connectivity index (χ0) is 12.8. The fraction of sp³-hybridized carbons (Fsp3) is 0.417. The lowest BCUT2D eigenvalue weighted by molar-refractivity contribution is -0.141. The third kappa shape index (κ3) is 4.02. The molecule has 1 aromatic carbocycles. The molecule has 1 unspecified atom stereocenters. The Hall–Kier alpha value is -1.07. The molecule has 0 amide bonds. The molecule has 0 saturated heterocycles. The summed E-state index contributed by atoms with van der Waals surface area (Å²) in [6, 6.07) is 5.31. The average molecular weight is 303 g/mol. The highest BCUT2D eigenvalue weighted by Crippen LogP contribution is 2.29. The number of esters is 1. The normalized spacial score (nSPS) is 12.0. The van der Waals surface area contributed by atoms with Crippen LogP contribution in [0.4, 0.5) is 0 Å². The summed E-state index contributed by atoms with van der Waals surface area (Å²) < 4.78 is 10.4. The first-order valence-corrected chi connectivity index (χ1v) is 5.96. The van der Waals surface area contributed by atoms with E-state index in [0.717, 1.165) is 10.0 Å². The number of methoxy groups -OCH3 is 2. The molecule has 0 fully saturated rings. The minimum atomic E-state index is -0.684. The standard InChI is InChI=1S/C12H15BrO4/c1-16-11-5-3-8(7-9(11)13)10(14)4-6-12(15)17-2/h3,5,7,10,14H,4,6H2,1-2H3. The summed E-state index contributed by atoms with van der Waals surface area (Å²) in [5.41, 5.74) is 0.738. The van der Waals surface area contributed by atoms with E-state index in [1.54, 1.807) is 25.3 Å². The van der Waals surface area contributed by atoms with Gasteiger partial charge in [0, 0.05) is 6.42 Å². The molecule has 0 aliphatic heterocycles. The van der Waals surface area contributed by atoms with Crippen molar-refractivity contribution >= 4 is 21.9 Å². The molecule has 4 nitrogen and oxygen atoms in total. The lowest BCUT2D eigenvalue weighted by Gasteiger charge is -2.12. The second-order valence-electron chi connectivity index (χ2n) is 3.52. The minimum Gasteiger partial charge on any atom is -0.496 e. The molecule has 0 radical (unpaired) electrons. The topological polar surface area (TPSA) is 55.8 Å². The Kier molecular flexibility index (Phi) is 5.44. The molecule has 1 rings (SSSR count). The van der Waals surface area contributed by atoms with Gasteiger partial charge in [0.05, 0.1) is 24.8 Å². The van der Waals surface area contributed by atoms with E-state index in [1.807, 2.05) is 0 Å². The zero-order valence-corrected chi connectivity index (χ0v) is 11.4. The third-order valence-electron chi connectivity index (χ3n) is 2.41. The molecule has 1 atom stereocenters. The maximum absolute atomic E-state index is 11.0. The molecule has 0 aromatic heterocycles. The van der Waals surface area contributed by atoms with E-state index < -0.39 is 6.10 Å². The van der Waals surface area contributed by atoms with E-state index >= 15 is 0 Å². The number of rotatable bonds is 5. The molecule has 0 bridgehead atoms. The van der Waals surface area contributed by atoms with Crippen LogP contribution in [0.1, 0.15) is 24.5 Å². The first kappa shape index (κ1) is 14.0. The molecular formula is C12H15BrO4. The summed E-state index contributed by atoms with van der Waals surface area (Å²) in [4.78, 5) is 11.0. The van der Waals surface area contributed by atoms with Crippen molar-refractivity contribution in [3.05, 3.63) is 28.2 Å². The fourth-order valence-corrected chi connectivity index (χ4v) is 1.97. The number of hydrogen-bond acceptors (Lipinski definition) is 4. The summed E-state index contributed by atoms with van der Waals surface area (Å²) >= 11 is 3.34. The summed E-state index contributed by atoms with van der Waals surface area (Å²) in [6.07, 6.45) is -0.149. The van der Waals surface area contributed by atoms with Crippen molar-refractivity contribution in [3.63, 3.8) is 0 Å². The van der Waals surface area contributed by atoms with Crippen LogP contribution in [-0.2, 0) is 9.53 Å². The number of ether oxygens (including phenoxy) is 2. The Morgan fingerprint density at radius 2 is 2.18 bits per heavy atom. The second-order valence-corrected chi connectivity index (χ2v) is 4.38. The molecular weight excluding hydrogens is 288 g/mol. The Bertz CT molecular complexity index is 392. The second kappa shape index (κ2) is 6.61. The SMILES string of the molecule is COC(=O)CCC(O)c1ccc(OC)c(Br)c1. The van der Waals surface area contributed by atoms with Crippen LogP contribution in [0.3, 0.4) is 0 Å². The van der Waals surface area contributed by atoms with Crippen LogP contribution < -0.4 is 4.74 Å². The van der Waals surface area contributed by atoms with E-state index in [2.05, 4.69) is 20.7 Å². The zero-order valence-electron chi connectivity index (χ0n) is 9.77. The Morgan fingerprint density at radius 3 is 2.71 bits per heavy atom. The van der Waals surface area contributed by atoms with E-state index in [-0.39, 0.29) is 12.4 Å². The molecule has 1 aromatic rings. The van der Waals surface area contributed by atoms with Gasteiger partial charge in [0.15, 0.2) is 0 Å². The molecule has 1 N–H and O–H groups in total. The summed E-state index contributed by atoms with van der Waals surface area (Å²) in [5, 5.41) is 9.88. The maximum atomic E-state index is 11.0. The van der Waals surface area contributed by atoms with Gasteiger partial charge in [-0.25, -0.2) is 0 Å². The van der Waals surface area contributed by atoms with E-state index in [0.29, 0.717) is 12.2 Å². The number of aliphatic hydroxyl groups excluding tert-OH is 1. The Balaban J connectivity index is 2.66. The predicted octanol–water partition coefficient (Wildman–Crippen LogP) is 2.44. The third-order valence-corrected chi connectivity index (χ3v) is 3.03. The number of benzene rings is 1. The van der Waals surface area contributed by atoms with Gasteiger partial charge in [-0.05, 0) is 40.0 Å². The van der Waals surface area contributed by atoms with Crippen molar-refractivity contribution in [1.29, 1.82) is 0 Å². The van der Waals surface area contributed by atoms with Gasteiger partial charge in [0.25, 0.3) is 0 Å². The number of aliphatic hydroxyl groups is 1. The number of carbonyl (C=O) groups excluding carboxylic acids is 1. The maximum Gasteiger partial charge on any atom is 0.305 e. The highest BCUT2D eigenvalue weighted by Gasteiger charge is 2.12. The highest BCUT2D eigenvalue weighted by atomic mass is 79.9. The van der Waals surface area contributed by atoms with Crippen molar-refractivity contribution in [2.45, 2.75) is 18.9 Å². The fourth-order valence-electron chi connectivity index (χ4n) is 1.41. The van der Waals surface area contributed by atoms with Crippen LogP contribution in [-0.4, -0.2) is 25.3 Å². The van der Waals surface area contributed by atoms with Crippen LogP contribution in [0.25, 0.3) is 0 Å². The van der Waals surface area contributed by atoms with Crippen LogP contribution in [0, 0.1) is 0 Å². The lowest BCUT2D eigenvalue weighted by atomic mass is 10.0. The molecule has 0 aliphatic rings. The van der Waals surface area contributed by atoms with Gasteiger partial charge in [-0.3, -0.25) is 4.79 Å². The molecule has 0 aliphatic carbocycles. The van der Waals surface area contributed by atoms with Crippen LogP contribution in [0.15, 0.2) is 22.7 Å². The van der Waals surface area contributed by atoms with E-state index in [4.69, 9.17) is 4.74 Å². The molecule has 0 saturated carbocycles. The van der Waals surface area contributed by atoms with Crippen molar-refractivity contribution < 1.29 is 19.4 Å². The first-order chi connectivity index (χ1) is 8.08. The smallest absolute Gasteiger partial charge is 0.305 e. The molecule has 0 spiro atoms. The van der Waals surface area contributed by atoms with Gasteiger partial charge < -0.3 is 14.6 Å². The highest BCUT2D eigenvalue weighted by molar-refractivity contribution is 9.10. The summed E-state index contributed by atoms with van der Waals surface area (Å²) in [5.74, 6) is 0.380. The van der Waals surface area contributed by atoms with Crippen molar-refractivity contribution in [1.82, 2.24) is 0 Å². The van der Waals surface area contributed by atoms with Gasteiger partial charge in [0.1, 0.15) is 5.75 Å². The molecule has 0 heterocycles. The largest absolute Gasteiger partial charge is 0.496 e. The minimum absolute atomic E-state index is 0.196. The monoisotopic (exact) mass is 302 g/mol. The molecule has 5 heteroatoms. The van der Waals surface area contributed by atoms with Crippen molar-refractivity contribution in [2.75, 3.05) is 14.2 Å². The van der Waals surface area contributed by atoms with Gasteiger partial charge in [-0.1, -0.05) is 6.07 Å². The number of halogens is 1. The molecule has 17 heavy (non-hydrogen) atoms. The Morgan fingerprint density at radius 1 is 1.47 bits per heavy atom. The van der Waals surface area contributed by atoms with E-state index in [9.17, 15) is 9.90 Å². The summed E-state index contributed by atoms with van der Waals surface area (Å²) in [7, 11) is 2.91. The van der Waals surface area contributed by atoms with Crippen LogP contribution in [0.2, 0.25) is 0 Å². The number of hydrogen-bond donors (Lipinski definition) is 1. The lowest BCUT2D eigenvalue weighted by Crippen LogP contribution is -2.05. The van der Waals surface area contributed by atoms with Gasteiger partial charge in [-0.2, -0.15) is 0 Å². The van der Waals surface area contributed by atoms with Crippen molar-refractivity contribution in [3.8, 4) is 5.75 Å². The Labute approximate surface area is 109 Å². The van der Waals surface area contributed by atoms with Crippen LogP contribution >= 0.6 is 15.9 Å². The van der Waals surface area contributed by atoms with Crippen LogP contribution in [0.5, 0.6) is 5.75 Å². The quantitative estimate of drug-likeness (QED) is 0.849. The summed E-state index contributed by atoms with van der Waals surface area (Å²) in [6.45, 7) is 0. The average Bonchev–Trinajstić information content (AvgIpc) is 2.35. The number of carbonyl (C=O) groups is 1. The first-order valence-electron chi connectivity index (χ1n) is 5.16. The van der Waals surface area contributed by atoms with Gasteiger partial charge in [-0.15, -0.1) is 0 Å².